The molecule has 2 aromatic carbocycles. The number of carbonyl (C=O) groups is 1. The van der Waals surface area contributed by atoms with E-state index < -0.39 is 0 Å². The van der Waals surface area contributed by atoms with Crippen molar-refractivity contribution in [2.45, 2.75) is 58.6 Å². The zero-order chi connectivity index (χ0) is 23.9. The maximum Gasteiger partial charge on any atom is 0.407 e. The van der Waals surface area contributed by atoms with E-state index in [0.717, 1.165) is 62.0 Å². The number of benzene rings is 2. The van der Waals surface area contributed by atoms with Crippen molar-refractivity contribution in [1.29, 1.82) is 0 Å². The Morgan fingerprint density at radius 2 is 1.97 bits per heavy atom. The molecule has 5 nitrogen and oxygen atoms in total. The highest BCUT2D eigenvalue weighted by atomic mass is 19.1. The molecular weight excluding hydrogens is 431 g/mol. The summed E-state index contributed by atoms with van der Waals surface area (Å²) in [7, 11) is 0. The van der Waals surface area contributed by atoms with E-state index >= 15 is 0 Å². The Hall–Kier alpha value is -2.60. The van der Waals surface area contributed by atoms with Gasteiger partial charge in [0, 0.05) is 18.2 Å². The van der Waals surface area contributed by atoms with E-state index in [1.54, 1.807) is 6.07 Å². The van der Waals surface area contributed by atoms with E-state index in [9.17, 15) is 9.18 Å². The molecule has 2 atom stereocenters. The second-order valence-corrected chi connectivity index (χ2v) is 10.7. The molecule has 0 radical (unpaired) electrons. The number of nitrogens with zero attached hydrogens (tertiary/aromatic N) is 1. The van der Waals surface area contributed by atoms with Gasteiger partial charge >= 0.3 is 6.09 Å². The Morgan fingerprint density at radius 1 is 1.18 bits per heavy atom. The number of rotatable bonds is 6. The summed E-state index contributed by atoms with van der Waals surface area (Å²) in [6, 6.07) is 10.9. The normalized spacial score (nSPS) is 26.7. The summed E-state index contributed by atoms with van der Waals surface area (Å²) >= 11 is 0. The molecule has 1 N–H and O–H groups in total. The van der Waals surface area contributed by atoms with Crippen molar-refractivity contribution in [3.63, 3.8) is 0 Å². The third kappa shape index (κ3) is 4.52. The van der Waals surface area contributed by atoms with Crippen LogP contribution in [-0.2, 0) is 11.2 Å². The number of fused-ring (bicyclic) bond motifs is 4. The number of piperidine rings is 3. The van der Waals surface area contributed by atoms with Gasteiger partial charge < -0.3 is 14.8 Å². The van der Waals surface area contributed by atoms with E-state index in [1.807, 2.05) is 13.0 Å². The van der Waals surface area contributed by atoms with Gasteiger partial charge in [0.15, 0.2) is 0 Å². The molecule has 34 heavy (non-hydrogen) atoms. The van der Waals surface area contributed by atoms with Gasteiger partial charge in [0.2, 0.25) is 0 Å². The molecule has 4 aliphatic rings. The number of ether oxygens (including phenoxy) is 2. The van der Waals surface area contributed by atoms with Gasteiger partial charge in [0.05, 0.1) is 12.6 Å². The lowest BCUT2D eigenvalue weighted by atomic mass is 9.85. The molecule has 3 aliphatic heterocycles. The number of alkyl carbamates (subject to hydrolysis) is 1. The van der Waals surface area contributed by atoms with Gasteiger partial charge in [-0.15, -0.1) is 0 Å². The predicted octanol–water partition coefficient (Wildman–Crippen LogP) is 5.73. The van der Waals surface area contributed by atoms with Gasteiger partial charge in [-0.3, -0.25) is 4.90 Å². The van der Waals surface area contributed by atoms with Crippen LogP contribution in [0.25, 0.3) is 11.1 Å². The van der Waals surface area contributed by atoms with Gasteiger partial charge in [-0.05, 0) is 78.9 Å². The maximum atomic E-state index is 13.9. The van der Waals surface area contributed by atoms with Crippen molar-refractivity contribution in [2.75, 3.05) is 26.2 Å². The molecule has 1 aliphatic carbocycles. The summed E-state index contributed by atoms with van der Waals surface area (Å²) in [6.07, 6.45) is 3.61. The van der Waals surface area contributed by atoms with Crippen LogP contribution in [0.1, 0.15) is 57.2 Å². The molecule has 1 unspecified atom stereocenters. The zero-order valence-electron chi connectivity index (χ0n) is 20.4. The largest absolute Gasteiger partial charge is 0.493 e. The zero-order valence-corrected chi connectivity index (χ0v) is 20.4. The minimum atomic E-state index is -0.317. The molecule has 2 aromatic rings. The average Bonchev–Trinajstić information content (AvgIpc) is 3.07. The summed E-state index contributed by atoms with van der Waals surface area (Å²) in [5.74, 6) is 0.750. The number of halogens is 1. The Balaban J connectivity index is 1.34. The molecule has 3 heterocycles. The molecule has 0 saturated carbocycles. The van der Waals surface area contributed by atoms with Crippen molar-refractivity contribution < 1.29 is 18.7 Å². The molecule has 6 heteroatoms. The van der Waals surface area contributed by atoms with Gasteiger partial charge in [0.1, 0.15) is 17.7 Å². The fourth-order valence-corrected chi connectivity index (χ4v) is 5.89. The molecule has 2 bridgehead atoms. The number of hydrogen-bond donors (Lipinski definition) is 1. The van der Waals surface area contributed by atoms with E-state index in [0.29, 0.717) is 18.3 Å². The second-order valence-electron chi connectivity index (χ2n) is 10.7. The fraction of sp³-hybridized carbons (Fsp3) is 0.536. The topological polar surface area (TPSA) is 50.8 Å². The van der Waals surface area contributed by atoms with Crippen LogP contribution in [0, 0.1) is 17.2 Å². The fourth-order valence-electron chi connectivity index (χ4n) is 5.89. The van der Waals surface area contributed by atoms with Crippen LogP contribution in [0.15, 0.2) is 36.4 Å². The first-order valence-corrected chi connectivity index (χ1v) is 12.6. The maximum absolute atomic E-state index is 13.9. The standard InChI is InChI=1S/C28H35FN2O3/c1-4-13-33-24-15-21(29)6-8-22(24)19-5-7-23-20(14-19)16-28(2,3)26(23)30-27(32)34-25-17-31-11-9-18(25)10-12-31/h5-8,14-15,18,25-26H,4,9-13,16-17H2,1-3H3,(H,30,32)/t25-,26?/m0/s1. The number of hydrogen-bond acceptors (Lipinski definition) is 4. The van der Waals surface area contributed by atoms with Crippen LogP contribution in [0.3, 0.4) is 0 Å². The Labute approximate surface area is 201 Å². The monoisotopic (exact) mass is 466 g/mol. The van der Waals surface area contributed by atoms with E-state index in [2.05, 4.69) is 36.2 Å². The molecule has 3 saturated heterocycles. The predicted molar refractivity (Wildman–Crippen MR) is 130 cm³/mol. The Morgan fingerprint density at radius 3 is 2.68 bits per heavy atom. The number of carbonyl (C=O) groups excluding carboxylic acids is 1. The van der Waals surface area contributed by atoms with Crippen molar-refractivity contribution in [3.8, 4) is 16.9 Å². The van der Waals surface area contributed by atoms with Crippen LogP contribution in [0.4, 0.5) is 9.18 Å². The summed E-state index contributed by atoms with van der Waals surface area (Å²) in [5, 5.41) is 3.18. The third-order valence-corrected chi connectivity index (χ3v) is 7.71. The van der Waals surface area contributed by atoms with Gasteiger partial charge in [-0.2, -0.15) is 0 Å². The molecule has 0 aromatic heterocycles. The van der Waals surface area contributed by atoms with E-state index in [-0.39, 0.29) is 29.5 Å². The minimum absolute atomic E-state index is 0.00567. The van der Waals surface area contributed by atoms with Crippen LogP contribution >= 0.6 is 0 Å². The first kappa shape index (κ1) is 23.2. The molecule has 1 amide bonds. The van der Waals surface area contributed by atoms with Gasteiger partial charge in [0.25, 0.3) is 0 Å². The van der Waals surface area contributed by atoms with Crippen molar-refractivity contribution in [2.24, 2.45) is 11.3 Å². The lowest BCUT2D eigenvalue weighted by Crippen LogP contribution is -2.53. The van der Waals surface area contributed by atoms with Crippen molar-refractivity contribution in [3.05, 3.63) is 53.3 Å². The summed E-state index contributed by atoms with van der Waals surface area (Å²) in [5.41, 5.74) is 4.06. The van der Waals surface area contributed by atoms with Crippen LogP contribution < -0.4 is 10.1 Å². The third-order valence-electron chi connectivity index (χ3n) is 7.71. The van der Waals surface area contributed by atoms with Gasteiger partial charge in [-0.25, -0.2) is 9.18 Å². The minimum Gasteiger partial charge on any atom is -0.493 e. The van der Waals surface area contributed by atoms with Crippen LogP contribution in [0.5, 0.6) is 5.75 Å². The lowest BCUT2D eigenvalue weighted by molar-refractivity contribution is -0.0348. The highest BCUT2D eigenvalue weighted by Gasteiger charge is 2.42. The summed E-state index contributed by atoms with van der Waals surface area (Å²) in [6.45, 7) is 10.0. The quantitative estimate of drug-likeness (QED) is 0.591. The van der Waals surface area contributed by atoms with Crippen molar-refractivity contribution >= 4 is 6.09 Å². The smallest absolute Gasteiger partial charge is 0.407 e. The second kappa shape index (κ2) is 9.21. The molecule has 6 rings (SSSR count). The average molecular weight is 467 g/mol. The number of amides is 1. The lowest BCUT2D eigenvalue weighted by Gasteiger charge is -2.44. The number of nitrogens with one attached hydrogen (secondary N) is 1. The molecule has 0 spiro atoms. The van der Waals surface area contributed by atoms with Crippen molar-refractivity contribution in [1.82, 2.24) is 10.2 Å². The SMILES string of the molecule is CCCOc1cc(F)ccc1-c1ccc2c(c1)CC(C)(C)C2NC(=O)O[C@H]1CN2CCC1CC2. The first-order chi connectivity index (χ1) is 16.3. The van der Waals surface area contributed by atoms with Gasteiger partial charge in [-0.1, -0.05) is 39.0 Å². The summed E-state index contributed by atoms with van der Waals surface area (Å²) in [4.78, 5) is 15.3. The van der Waals surface area contributed by atoms with E-state index in [4.69, 9.17) is 9.47 Å². The molecular formula is C28H35FN2O3. The van der Waals surface area contributed by atoms with E-state index in [1.165, 1.54) is 17.7 Å². The Bertz CT molecular complexity index is 1060. The summed E-state index contributed by atoms with van der Waals surface area (Å²) < 4.78 is 25.6. The highest BCUT2D eigenvalue weighted by molar-refractivity contribution is 5.73. The first-order valence-electron chi connectivity index (χ1n) is 12.6. The van der Waals surface area contributed by atoms with Crippen LogP contribution in [0.2, 0.25) is 0 Å². The highest BCUT2D eigenvalue weighted by Crippen LogP contribution is 2.47. The Kier molecular flexibility index (Phi) is 6.28. The molecule has 3 fully saturated rings. The van der Waals surface area contributed by atoms with Crippen LogP contribution in [-0.4, -0.2) is 43.3 Å². The molecule has 182 valence electrons.